The number of rotatable bonds is 4. The Labute approximate surface area is 116 Å². The van der Waals surface area contributed by atoms with Crippen LogP contribution in [0.4, 0.5) is 10.1 Å². The minimum atomic E-state index is -0.648. The highest BCUT2D eigenvalue weighted by molar-refractivity contribution is 5.93. The normalized spacial score (nSPS) is 10.3. The molecular weight excluding hydrogens is 259 g/mol. The van der Waals surface area contributed by atoms with Gasteiger partial charge in [0, 0.05) is 17.8 Å². The number of aryl methyl sites for hydroxylation is 1. The molecule has 0 saturated carbocycles. The molecule has 0 aliphatic heterocycles. The number of amides is 1. The largest absolute Gasteiger partial charge is 0.505 e. The summed E-state index contributed by atoms with van der Waals surface area (Å²) in [5.74, 6) is -1.49. The molecule has 0 atom stereocenters. The molecule has 104 valence electrons. The van der Waals surface area contributed by atoms with Crippen LogP contribution >= 0.6 is 0 Å². The van der Waals surface area contributed by atoms with E-state index in [0.29, 0.717) is 17.7 Å². The number of carbonyl (C=O) groups is 1. The van der Waals surface area contributed by atoms with Crippen LogP contribution < -0.4 is 11.1 Å². The van der Waals surface area contributed by atoms with E-state index in [1.54, 1.807) is 24.3 Å². The van der Waals surface area contributed by atoms with Gasteiger partial charge in [-0.3, -0.25) is 4.79 Å². The van der Waals surface area contributed by atoms with Gasteiger partial charge in [0.25, 0.3) is 0 Å². The topological polar surface area (TPSA) is 75.4 Å². The molecular formula is C15H15FN2O2. The second-order valence-electron chi connectivity index (χ2n) is 4.53. The van der Waals surface area contributed by atoms with Gasteiger partial charge in [0.2, 0.25) is 5.91 Å². The second kappa shape index (κ2) is 5.61. The number of carbonyl (C=O) groups excluding carboxylic acids is 1. The molecule has 5 heteroatoms. The molecule has 1 amide bonds. The van der Waals surface area contributed by atoms with Crippen LogP contribution in [0.3, 0.4) is 0 Å². The van der Waals surface area contributed by atoms with Crippen molar-refractivity contribution in [1.82, 2.24) is 0 Å². The molecule has 0 aliphatic carbocycles. The van der Waals surface area contributed by atoms with Crippen molar-refractivity contribution in [3.8, 4) is 5.75 Å². The summed E-state index contributed by atoms with van der Waals surface area (Å²) in [7, 11) is 0. The highest BCUT2D eigenvalue weighted by atomic mass is 19.1. The fourth-order valence-corrected chi connectivity index (χ4v) is 1.87. The molecule has 20 heavy (non-hydrogen) atoms. The number of phenolic OH excluding ortho intramolecular Hbond substituents is 1. The molecule has 0 unspecified atom stereocenters. The minimum Gasteiger partial charge on any atom is -0.505 e. The smallest absolute Gasteiger partial charge is 0.248 e. The summed E-state index contributed by atoms with van der Waals surface area (Å²) >= 11 is 0. The van der Waals surface area contributed by atoms with Crippen molar-refractivity contribution in [2.24, 2.45) is 5.73 Å². The quantitative estimate of drug-likeness (QED) is 0.802. The number of primary amides is 1. The molecule has 2 aromatic carbocycles. The lowest BCUT2D eigenvalue weighted by atomic mass is 10.1. The SMILES string of the molecule is Cc1cc(C(N)=O)ccc1NCc1ccc(O)c(F)c1. The van der Waals surface area contributed by atoms with Gasteiger partial charge in [-0.05, 0) is 48.4 Å². The van der Waals surface area contributed by atoms with E-state index in [2.05, 4.69) is 5.32 Å². The summed E-state index contributed by atoms with van der Waals surface area (Å²) < 4.78 is 13.2. The fourth-order valence-electron chi connectivity index (χ4n) is 1.87. The van der Waals surface area contributed by atoms with Gasteiger partial charge in [-0.25, -0.2) is 4.39 Å². The van der Waals surface area contributed by atoms with Gasteiger partial charge >= 0.3 is 0 Å². The van der Waals surface area contributed by atoms with E-state index in [-0.39, 0.29) is 5.75 Å². The van der Waals surface area contributed by atoms with Crippen LogP contribution in [-0.2, 0) is 6.54 Å². The van der Waals surface area contributed by atoms with Gasteiger partial charge in [0.05, 0.1) is 0 Å². The van der Waals surface area contributed by atoms with Crippen molar-refractivity contribution < 1.29 is 14.3 Å². The van der Waals surface area contributed by atoms with Crippen LogP contribution in [0.2, 0.25) is 0 Å². The van der Waals surface area contributed by atoms with Crippen LogP contribution in [0.15, 0.2) is 36.4 Å². The number of aromatic hydroxyl groups is 1. The number of halogens is 1. The van der Waals surface area contributed by atoms with E-state index in [0.717, 1.165) is 11.3 Å². The summed E-state index contributed by atoms with van der Waals surface area (Å²) in [4.78, 5) is 11.0. The summed E-state index contributed by atoms with van der Waals surface area (Å²) in [6.07, 6.45) is 0. The van der Waals surface area contributed by atoms with E-state index >= 15 is 0 Å². The van der Waals surface area contributed by atoms with Gasteiger partial charge in [0.15, 0.2) is 11.6 Å². The molecule has 0 bridgehead atoms. The van der Waals surface area contributed by atoms with Gasteiger partial charge in [-0.15, -0.1) is 0 Å². The van der Waals surface area contributed by atoms with Crippen molar-refractivity contribution >= 4 is 11.6 Å². The second-order valence-corrected chi connectivity index (χ2v) is 4.53. The fraction of sp³-hybridized carbons (Fsp3) is 0.133. The molecule has 0 radical (unpaired) electrons. The average Bonchev–Trinajstić information content (AvgIpc) is 2.41. The van der Waals surface area contributed by atoms with E-state index in [4.69, 9.17) is 10.8 Å². The average molecular weight is 274 g/mol. The van der Waals surface area contributed by atoms with Crippen LogP contribution in [0.25, 0.3) is 0 Å². The predicted octanol–water partition coefficient (Wildman–Crippen LogP) is 2.55. The zero-order valence-corrected chi connectivity index (χ0v) is 11.0. The van der Waals surface area contributed by atoms with Gasteiger partial charge in [-0.2, -0.15) is 0 Å². The molecule has 0 aromatic heterocycles. The highest BCUT2D eigenvalue weighted by Gasteiger charge is 2.05. The molecule has 0 spiro atoms. The Balaban J connectivity index is 2.10. The molecule has 2 rings (SSSR count). The van der Waals surface area contributed by atoms with Crippen molar-refractivity contribution in [3.05, 3.63) is 58.9 Å². The molecule has 0 aliphatic rings. The van der Waals surface area contributed by atoms with Gasteiger partial charge in [-0.1, -0.05) is 6.07 Å². The number of hydrogen-bond donors (Lipinski definition) is 3. The maximum Gasteiger partial charge on any atom is 0.248 e. The number of hydrogen-bond acceptors (Lipinski definition) is 3. The van der Waals surface area contributed by atoms with Crippen LogP contribution in [0.1, 0.15) is 21.5 Å². The van der Waals surface area contributed by atoms with Crippen molar-refractivity contribution in [3.63, 3.8) is 0 Å². The van der Waals surface area contributed by atoms with Gasteiger partial charge in [0.1, 0.15) is 0 Å². The first-order valence-corrected chi connectivity index (χ1v) is 6.09. The first-order valence-electron chi connectivity index (χ1n) is 6.09. The maximum atomic E-state index is 13.2. The van der Waals surface area contributed by atoms with Gasteiger partial charge < -0.3 is 16.2 Å². The third-order valence-electron chi connectivity index (χ3n) is 3.01. The Hall–Kier alpha value is -2.56. The van der Waals surface area contributed by atoms with E-state index in [1.165, 1.54) is 12.1 Å². The summed E-state index contributed by atoms with van der Waals surface area (Å²) in [5, 5.41) is 12.3. The van der Waals surface area contributed by atoms with Crippen LogP contribution in [0.5, 0.6) is 5.75 Å². The third kappa shape index (κ3) is 3.06. The molecule has 0 saturated heterocycles. The van der Waals surface area contributed by atoms with E-state index in [9.17, 15) is 9.18 Å². The van der Waals surface area contributed by atoms with Crippen molar-refractivity contribution in [1.29, 1.82) is 0 Å². The lowest BCUT2D eigenvalue weighted by Gasteiger charge is -2.11. The monoisotopic (exact) mass is 274 g/mol. The van der Waals surface area contributed by atoms with E-state index < -0.39 is 11.7 Å². The summed E-state index contributed by atoms with van der Waals surface area (Å²) in [5.41, 5.74) is 8.07. The van der Waals surface area contributed by atoms with E-state index in [1.807, 2.05) is 6.92 Å². The molecule has 0 heterocycles. The molecule has 4 nitrogen and oxygen atoms in total. The Kier molecular flexibility index (Phi) is 3.89. The van der Waals surface area contributed by atoms with Crippen LogP contribution in [-0.4, -0.2) is 11.0 Å². The maximum absolute atomic E-state index is 13.2. The highest BCUT2D eigenvalue weighted by Crippen LogP contribution is 2.19. The Morgan fingerprint density at radius 2 is 2.05 bits per heavy atom. The Morgan fingerprint density at radius 3 is 2.65 bits per heavy atom. The number of nitrogens with one attached hydrogen (secondary N) is 1. The predicted molar refractivity (Wildman–Crippen MR) is 75.1 cm³/mol. The minimum absolute atomic E-state index is 0.365. The Morgan fingerprint density at radius 1 is 1.30 bits per heavy atom. The molecule has 2 aromatic rings. The lowest BCUT2D eigenvalue weighted by Crippen LogP contribution is -2.11. The first-order chi connectivity index (χ1) is 9.47. The third-order valence-corrected chi connectivity index (χ3v) is 3.01. The zero-order valence-electron chi connectivity index (χ0n) is 11.0. The zero-order chi connectivity index (χ0) is 14.7. The van der Waals surface area contributed by atoms with Crippen molar-refractivity contribution in [2.45, 2.75) is 13.5 Å². The molecule has 4 N–H and O–H groups in total. The number of phenols is 1. The number of benzene rings is 2. The Bertz CT molecular complexity index is 656. The molecule has 0 fully saturated rings. The number of anilines is 1. The first kappa shape index (κ1) is 13.9. The summed E-state index contributed by atoms with van der Waals surface area (Å²) in [6, 6.07) is 9.31. The number of nitrogens with two attached hydrogens (primary N) is 1. The summed E-state index contributed by atoms with van der Waals surface area (Å²) in [6.45, 7) is 2.26. The van der Waals surface area contributed by atoms with Crippen molar-refractivity contribution in [2.75, 3.05) is 5.32 Å². The standard InChI is InChI=1S/C15H15FN2O2/c1-9-6-11(15(17)20)3-4-13(9)18-8-10-2-5-14(19)12(16)7-10/h2-7,18-19H,8H2,1H3,(H2,17,20). The van der Waals surface area contributed by atoms with Crippen LogP contribution in [0, 0.1) is 12.7 Å². The lowest BCUT2D eigenvalue weighted by molar-refractivity contribution is 0.1000.